The van der Waals surface area contributed by atoms with Crippen LogP contribution in [0.4, 0.5) is 5.82 Å². The summed E-state index contributed by atoms with van der Waals surface area (Å²) in [6.45, 7) is 15.9. The van der Waals surface area contributed by atoms with Crippen LogP contribution in [0.15, 0.2) is 52.2 Å². The number of benzene rings is 1. The highest BCUT2D eigenvalue weighted by Crippen LogP contribution is 2.33. The van der Waals surface area contributed by atoms with E-state index in [1.165, 1.54) is 0 Å². The zero-order valence-corrected chi connectivity index (χ0v) is 22.6. The van der Waals surface area contributed by atoms with Crippen LogP contribution < -0.4 is 10.1 Å². The zero-order valence-electron chi connectivity index (χ0n) is 21.9. The average molecular weight is 523 g/mol. The molecule has 37 heavy (non-hydrogen) atoms. The smallest absolute Gasteiger partial charge is 0.181 e. The molecule has 1 fully saturated rings. The maximum atomic E-state index is 6.62. The molecule has 0 atom stereocenters. The lowest BCUT2D eigenvalue weighted by Crippen LogP contribution is -2.50. The van der Waals surface area contributed by atoms with Crippen LogP contribution in [0.1, 0.15) is 32.2 Å². The fraction of sp³-hybridized carbons (Fsp3) is 0.370. The Balaban J connectivity index is 1.54. The molecule has 4 rings (SSSR count). The number of aromatic nitrogens is 3. The number of aryl methyl sites for hydroxylation is 1. The van der Waals surface area contributed by atoms with Crippen LogP contribution in [0.5, 0.6) is 5.75 Å². The molecule has 1 aliphatic heterocycles. The molecule has 3 N–H and O–H groups in total. The third-order valence-corrected chi connectivity index (χ3v) is 6.68. The predicted molar refractivity (Wildman–Crippen MR) is 154 cm³/mol. The number of nitrogens with one attached hydrogen (secondary N) is 3. The van der Waals surface area contributed by atoms with Crippen LogP contribution in [0.25, 0.3) is 17.0 Å². The van der Waals surface area contributed by atoms with Gasteiger partial charge in [-0.25, -0.2) is 9.98 Å². The lowest BCUT2D eigenvalue weighted by Gasteiger charge is -2.38. The van der Waals surface area contributed by atoms with Gasteiger partial charge in [-0.15, -0.1) is 0 Å². The van der Waals surface area contributed by atoms with E-state index in [0.29, 0.717) is 28.5 Å². The van der Waals surface area contributed by atoms with Crippen molar-refractivity contribution < 1.29 is 4.74 Å². The fourth-order valence-corrected chi connectivity index (χ4v) is 4.59. The molecule has 1 saturated heterocycles. The lowest BCUT2D eigenvalue weighted by atomic mass is 10.2. The number of aromatic amines is 2. The molecular weight excluding hydrogens is 488 g/mol. The maximum Gasteiger partial charge on any atom is 0.181 e. The van der Waals surface area contributed by atoms with E-state index in [9.17, 15) is 0 Å². The monoisotopic (exact) mass is 522 g/mol. The highest BCUT2D eigenvalue weighted by atomic mass is 35.5. The number of ether oxygens (including phenoxy) is 1. The number of amidine groups is 1. The number of aliphatic imine (C=N–C) groups is 2. The van der Waals surface area contributed by atoms with Gasteiger partial charge in [-0.2, -0.15) is 5.10 Å². The highest BCUT2D eigenvalue weighted by molar-refractivity contribution is 6.37. The zero-order chi connectivity index (χ0) is 26.4. The van der Waals surface area contributed by atoms with Crippen LogP contribution >= 0.6 is 11.6 Å². The van der Waals surface area contributed by atoms with Crippen LogP contribution in [0.3, 0.4) is 0 Å². The second kappa shape index (κ2) is 12.1. The Hall–Kier alpha value is -3.56. The summed E-state index contributed by atoms with van der Waals surface area (Å²) in [6.07, 6.45) is 5.77. The molecule has 0 amide bonds. The van der Waals surface area contributed by atoms with Gasteiger partial charge in [0.25, 0.3) is 0 Å². The van der Waals surface area contributed by atoms with Crippen molar-refractivity contribution in [2.45, 2.75) is 33.7 Å². The summed E-state index contributed by atoms with van der Waals surface area (Å²) in [7, 11) is 0. The van der Waals surface area contributed by atoms with Crippen molar-refractivity contribution in [3.63, 3.8) is 0 Å². The number of halogens is 1. The van der Waals surface area contributed by atoms with Gasteiger partial charge in [0.05, 0.1) is 10.7 Å². The van der Waals surface area contributed by atoms with Crippen molar-refractivity contribution in [3.8, 4) is 5.75 Å². The Kier molecular flexibility index (Phi) is 8.68. The minimum absolute atomic E-state index is 0.114. The molecule has 3 heterocycles. The number of rotatable bonds is 9. The first-order valence-electron chi connectivity index (χ1n) is 12.5. The third-order valence-electron chi connectivity index (χ3n) is 6.29. The van der Waals surface area contributed by atoms with Crippen molar-refractivity contribution in [2.24, 2.45) is 9.98 Å². The summed E-state index contributed by atoms with van der Waals surface area (Å²) < 4.78 is 6.01. The van der Waals surface area contributed by atoms with Crippen LogP contribution in [0, 0.1) is 6.92 Å². The number of hydrogen-bond acceptors (Lipinski definition) is 6. The van der Waals surface area contributed by atoms with Crippen molar-refractivity contribution >= 4 is 47.0 Å². The molecule has 0 saturated carbocycles. The largest absolute Gasteiger partial charge is 0.470 e. The third kappa shape index (κ3) is 6.61. The van der Waals surface area contributed by atoms with Gasteiger partial charge in [-0.1, -0.05) is 17.7 Å². The Labute approximate surface area is 223 Å². The summed E-state index contributed by atoms with van der Waals surface area (Å²) in [6, 6.07) is 8.26. The van der Waals surface area contributed by atoms with Crippen molar-refractivity contribution in [1.82, 2.24) is 25.0 Å². The minimum atomic E-state index is 0.114. The van der Waals surface area contributed by atoms with Crippen molar-refractivity contribution in [3.05, 3.63) is 58.6 Å². The molecule has 2 aromatic heterocycles. The summed E-state index contributed by atoms with van der Waals surface area (Å²) >= 11 is 6.62. The minimum Gasteiger partial charge on any atom is -0.470 e. The molecular formula is C27H35ClN8O. The predicted octanol–water partition coefficient (Wildman–Crippen LogP) is 5.30. The first-order chi connectivity index (χ1) is 17.9. The Morgan fingerprint density at radius 3 is 2.76 bits per heavy atom. The maximum absolute atomic E-state index is 6.62. The first-order valence-corrected chi connectivity index (χ1v) is 12.8. The van der Waals surface area contributed by atoms with E-state index in [2.05, 4.69) is 55.9 Å². The molecule has 1 aromatic carbocycles. The molecule has 0 aliphatic carbocycles. The number of H-pyrrole nitrogens is 2. The number of anilines is 1. The Morgan fingerprint density at radius 1 is 1.27 bits per heavy atom. The Bertz CT molecular complexity index is 1310. The van der Waals surface area contributed by atoms with Crippen LogP contribution in [-0.4, -0.2) is 76.5 Å². The Morgan fingerprint density at radius 2 is 2.05 bits per heavy atom. The second-order valence-electron chi connectivity index (χ2n) is 9.22. The average Bonchev–Trinajstić information content (AvgIpc) is 3.50. The molecule has 0 bridgehead atoms. The van der Waals surface area contributed by atoms with Gasteiger partial charge in [0.2, 0.25) is 0 Å². The van der Waals surface area contributed by atoms with Gasteiger partial charge >= 0.3 is 0 Å². The summed E-state index contributed by atoms with van der Waals surface area (Å²) in [5.41, 5.74) is 2.92. The molecule has 3 aromatic rings. The standard InChI is InChI=1S/C27H35ClN8O/c1-6-7-20-15-25(34-33-20)32-24(29-5)16-26(36-12-10-35(11-13-36)18(2)3)30-17-37-23-9-8-22-21(27(23)28)14-19(4)31-22/h6-9,14-16,18,31H,5,10-13,17H2,1-4H3,(H2,32,33,34)/b7-6+,24-16+,30-26+. The van der Waals surface area contributed by atoms with Crippen molar-refractivity contribution in [1.29, 1.82) is 0 Å². The van der Waals surface area contributed by atoms with E-state index in [1.807, 2.05) is 56.3 Å². The summed E-state index contributed by atoms with van der Waals surface area (Å²) in [5, 5.41) is 12.0. The van der Waals surface area contributed by atoms with Gasteiger partial charge in [0.1, 0.15) is 17.4 Å². The number of allylic oxidation sites excluding steroid dienone is 1. The highest BCUT2D eigenvalue weighted by Gasteiger charge is 2.21. The van der Waals surface area contributed by atoms with Gasteiger partial charge in [0.15, 0.2) is 12.5 Å². The van der Waals surface area contributed by atoms with Gasteiger partial charge in [-0.05, 0) is 58.7 Å². The number of piperazine rings is 1. The lowest BCUT2D eigenvalue weighted by molar-refractivity contribution is 0.148. The van der Waals surface area contributed by atoms with Crippen molar-refractivity contribution in [2.75, 3.05) is 38.2 Å². The summed E-state index contributed by atoms with van der Waals surface area (Å²) in [5.74, 6) is 2.55. The normalized spacial score (nSPS) is 15.8. The van der Waals surface area contributed by atoms with E-state index in [-0.39, 0.29) is 6.73 Å². The number of nitrogens with zero attached hydrogens (tertiary/aromatic N) is 5. The van der Waals surface area contributed by atoms with E-state index in [1.54, 1.807) is 0 Å². The quantitative estimate of drug-likeness (QED) is 0.262. The molecule has 196 valence electrons. The van der Waals surface area contributed by atoms with E-state index in [4.69, 9.17) is 21.3 Å². The fourth-order valence-electron chi connectivity index (χ4n) is 4.31. The van der Waals surface area contributed by atoms with Gasteiger partial charge in [-0.3, -0.25) is 10.00 Å². The molecule has 0 spiro atoms. The van der Waals surface area contributed by atoms with E-state index >= 15 is 0 Å². The van der Waals surface area contributed by atoms with Crippen LogP contribution in [-0.2, 0) is 0 Å². The molecule has 0 unspecified atom stereocenters. The second-order valence-corrected chi connectivity index (χ2v) is 9.60. The molecule has 9 nitrogen and oxygen atoms in total. The van der Waals surface area contributed by atoms with Gasteiger partial charge < -0.3 is 19.9 Å². The van der Waals surface area contributed by atoms with Gasteiger partial charge in [0, 0.05) is 61.0 Å². The number of hydrogen-bond donors (Lipinski definition) is 3. The van der Waals surface area contributed by atoms with Crippen LogP contribution in [0.2, 0.25) is 5.02 Å². The first kappa shape index (κ1) is 26.5. The molecule has 0 radical (unpaired) electrons. The molecule has 1 aliphatic rings. The number of fused-ring (bicyclic) bond motifs is 1. The topological polar surface area (TPSA) is 96.9 Å². The molecule has 10 heteroatoms. The van der Waals surface area contributed by atoms with E-state index in [0.717, 1.165) is 54.3 Å². The summed E-state index contributed by atoms with van der Waals surface area (Å²) in [4.78, 5) is 17.0. The van der Waals surface area contributed by atoms with E-state index < -0.39 is 0 Å². The SMILES string of the molecule is C=N/C(=C\C(=N/COc1ccc2[nH]c(C)cc2c1Cl)N1CCN(C(C)C)CC1)Nc1cc(/C=C/C)[nH]n1.